The summed E-state index contributed by atoms with van der Waals surface area (Å²) >= 11 is 0. The van der Waals surface area contributed by atoms with E-state index in [1.807, 2.05) is 0 Å². The minimum atomic E-state index is -2.54. The molecular weight excluding hydrogens is 368 g/mol. The van der Waals surface area contributed by atoms with Crippen molar-refractivity contribution in [1.82, 2.24) is 20.5 Å². The van der Waals surface area contributed by atoms with Gasteiger partial charge in [-0.3, -0.25) is 9.78 Å². The molecule has 1 aliphatic rings. The molecule has 0 bridgehead atoms. The summed E-state index contributed by atoms with van der Waals surface area (Å²) < 4.78 is 30.4. The van der Waals surface area contributed by atoms with Gasteiger partial charge in [0, 0.05) is 37.5 Å². The van der Waals surface area contributed by atoms with Crippen LogP contribution in [-0.4, -0.2) is 46.9 Å². The average molecular weight is 391 g/mol. The smallest absolute Gasteiger partial charge is 0.271 e. The maximum Gasteiger partial charge on any atom is 0.271 e. The van der Waals surface area contributed by atoms with Crippen molar-refractivity contribution in [3.05, 3.63) is 47.4 Å². The number of aromatic nitrogens is 3. The highest BCUT2D eigenvalue weighted by Gasteiger charge is 2.27. The van der Waals surface area contributed by atoms with Gasteiger partial charge in [-0.25, -0.2) is 8.78 Å². The summed E-state index contributed by atoms with van der Waals surface area (Å²) in [7, 11) is 1.70. The number of hydrogen-bond acceptors (Lipinski definition) is 6. The summed E-state index contributed by atoms with van der Waals surface area (Å²) in [5.41, 5.74) is 0.715. The van der Waals surface area contributed by atoms with Crippen molar-refractivity contribution in [1.29, 1.82) is 0 Å². The zero-order chi connectivity index (χ0) is 19.9. The Morgan fingerprint density at radius 3 is 2.75 bits per heavy atom. The van der Waals surface area contributed by atoms with E-state index in [4.69, 9.17) is 4.74 Å². The van der Waals surface area contributed by atoms with Gasteiger partial charge in [-0.15, -0.1) is 10.2 Å². The molecule has 1 saturated carbocycles. The molecule has 150 valence electrons. The lowest BCUT2D eigenvalue weighted by Crippen LogP contribution is -2.30. The first-order chi connectivity index (χ1) is 13.6. The number of carbonyl (C=O) groups is 1. The van der Waals surface area contributed by atoms with Gasteiger partial charge in [0.2, 0.25) is 0 Å². The molecule has 0 radical (unpaired) electrons. The van der Waals surface area contributed by atoms with Crippen molar-refractivity contribution in [2.45, 2.75) is 44.3 Å². The van der Waals surface area contributed by atoms with Crippen LogP contribution in [0.5, 0.6) is 0 Å². The number of halogens is 2. The van der Waals surface area contributed by atoms with Crippen LogP contribution in [0.2, 0.25) is 0 Å². The number of carbonyl (C=O) groups excluding carboxylic acids is 1. The van der Waals surface area contributed by atoms with Crippen LogP contribution in [0.15, 0.2) is 30.5 Å². The van der Waals surface area contributed by atoms with Crippen molar-refractivity contribution < 1.29 is 18.3 Å². The minimum absolute atomic E-state index is 0.119. The SMILES string of the molecule is CO[C@@H]1CCC[C@@H]1Nc1ccc(C(=O)NCCc2ccc(C(F)F)cn2)nn1. The van der Waals surface area contributed by atoms with Gasteiger partial charge in [0.15, 0.2) is 5.69 Å². The Morgan fingerprint density at radius 2 is 2.11 bits per heavy atom. The van der Waals surface area contributed by atoms with E-state index < -0.39 is 6.43 Å². The van der Waals surface area contributed by atoms with E-state index in [2.05, 4.69) is 25.8 Å². The first kappa shape index (κ1) is 20.1. The Hall–Kier alpha value is -2.68. The van der Waals surface area contributed by atoms with Gasteiger partial charge in [-0.2, -0.15) is 0 Å². The normalized spacial score (nSPS) is 19.0. The van der Waals surface area contributed by atoms with Crippen molar-refractivity contribution >= 4 is 11.7 Å². The van der Waals surface area contributed by atoms with E-state index in [1.165, 1.54) is 12.1 Å². The molecule has 0 aromatic carbocycles. The van der Waals surface area contributed by atoms with Crippen molar-refractivity contribution in [3.8, 4) is 0 Å². The van der Waals surface area contributed by atoms with E-state index in [0.717, 1.165) is 25.5 Å². The number of alkyl halides is 2. The molecule has 0 spiro atoms. The van der Waals surface area contributed by atoms with Crippen LogP contribution in [0.1, 0.15) is 47.4 Å². The molecule has 2 aromatic rings. The summed E-state index contributed by atoms with van der Waals surface area (Å²) in [6.45, 7) is 0.319. The number of pyridine rings is 1. The van der Waals surface area contributed by atoms with Gasteiger partial charge in [-0.05, 0) is 43.5 Å². The van der Waals surface area contributed by atoms with Gasteiger partial charge >= 0.3 is 0 Å². The highest BCUT2D eigenvalue weighted by molar-refractivity contribution is 5.92. The van der Waals surface area contributed by atoms with Crippen LogP contribution < -0.4 is 10.6 Å². The highest BCUT2D eigenvalue weighted by Crippen LogP contribution is 2.24. The summed E-state index contributed by atoms with van der Waals surface area (Å²) in [5.74, 6) is 0.257. The van der Waals surface area contributed by atoms with E-state index in [-0.39, 0.29) is 29.3 Å². The summed E-state index contributed by atoms with van der Waals surface area (Å²) in [5, 5.41) is 14.0. The standard InChI is InChI=1S/C19H23F2N5O2/c1-28-16-4-2-3-14(16)24-17-8-7-15(25-26-17)19(27)22-10-9-13-6-5-12(11-23-13)18(20)21/h5-8,11,14,16,18H,2-4,9-10H2,1H3,(H,22,27)(H,24,26)/t14-,16+/m0/s1. The molecule has 1 aliphatic carbocycles. The van der Waals surface area contributed by atoms with Crippen LogP contribution in [0, 0.1) is 0 Å². The summed E-state index contributed by atoms with van der Waals surface area (Å²) in [6, 6.07) is 6.39. The minimum Gasteiger partial charge on any atom is -0.379 e. The number of ether oxygens (including phenoxy) is 1. The van der Waals surface area contributed by atoms with Crippen LogP contribution in [0.25, 0.3) is 0 Å². The van der Waals surface area contributed by atoms with Crippen LogP contribution >= 0.6 is 0 Å². The van der Waals surface area contributed by atoms with E-state index in [9.17, 15) is 13.6 Å². The Kier molecular flexibility index (Phi) is 6.80. The number of rotatable bonds is 8. The third kappa shape index (κ3) is 5.19. The van der Waals surface area contributed by atoms with E-state index >= 15 is 0 Å². The first-order valence-electron chi connectivity index (χ1n) is 9.21. The number of methoxy groups -OCH3 is 1. The Morgan fingerprint density at radius 1 is 1.25 bits per heavy atom. The summed E-state index contributed by atoms with van der Waals surface area (Å²) in [4.78, 5) is 16.1. The lowest BCUT2D eigenvalue weighted by atomic mass is 10.2. The molecule has 1 fully saturated rings. The Bertz CT molecular complexity index is 771. The van der Waals surface area contributed by atoms with Crippen LogP contribution in [-0.2, 0) is 11.2 Å². The third-order valence-corrected chi connectivity index (χ3v) is 4.75. The molecule has 9 heteroatoms. The molecule has 3 rings (SSSR count). The Balaban J connectivity index is 1.46. The molecule has 28 heavy (non-hydrogen) atoms. The number of hydrogen-bond donors (Lipinski definition) is 2. The molecule has 2 N–H and O–H groups in total. The fourth-order valence-electron chi connectivity index (χ4n) is 3.20. The van der Waals surface area contributed by atoms with Crippen molar-refractivity contribution in [2.24, 2.45) is 0 Å². The van der Waals surface area contributed by atoms with Gasteiger partial charge in [0.05, 0.1) is 12.1 Å². The molecule has 7 nitrogen and oxygen atoms in total. The van der Waals surface area contributed by atoms with Gasteiger partial charge in [0.1, 0.15) is 5.82 Å². The Labute approximate surface area is 161 Å². The fourth-order valence-corrected chi connectivity index (χ4v) is 3.20. The first-order valence-corrected chi connectivity index (χ1v) is 9.21. The molecule has 0 saturated heterocycles. The average Bonchev–Trinajstić information content (AvgIpc) is 3.16. The van der Waals surface area contributed by atoms with Gasteiger partial charge in [0.25, 0.3) is 12.3 Å². The van der Waals surface area contributed by atoms with E-state index in [1.54, 1.807) is 19.2 Å². The lowest BCUT2D eigenvalue weighted by Gasteiger charge is -2.19. The fraction of sp³-hybridized carbons (Fsp3) is 0.474. The van der Waals surface area contributed by atoms with Gasteiger partial charge in [-0.1, -0.05) is 0 Å². The van der Waals surface area contributed by atoms with Crippen molar-refractivity contribution in [2.75, 3.05) is 19.0 Å². The number of amides is 1. The monoisotopic (exact) mass is 391 g/mol. The second-order valence-corrected chi connectivity index (χ2v) is 6.65. The third-order valence-electron chi connectivity index (χ3n) is 4.75. The van der Waals surface area contributed by atoms with Gasteiger partial charge < -0.3 is 15.4 Å². The number of anilines is 1. The number of nitrogens with zero attached hydrogens (tertiary/aromatic N) is 3. The van der Waals surface area contributed by atoms with Crippen LogP contribution in [0.4, 0.5) is 14.6 Å². The molecule has 2 atom stereocenters. The zero-order valence-electron chi connectivity index (χ0n) is 15.6. The second-order valence-electron chi connectivity index (χ2n) is 6.65. The molecule has 2 aromatic heterocycles. The van der Waals surface area contributed by atoms with Crippen molar-refractivity contribution in [3.63, 3.8) is 0 Å². The largest absolute Gasteiger partial charge is 0.379 e. The number of nitrogens with one attached hydrogen (secondary N) is 2. The molecular formula is C19H23F2N5O2. The predicted octanol–water partition coefficient (Wildman–Crippen LogP) is 2.76. The summed E-state index contributed by atoms with van der Waals surface area (Å²) in [6.07, 6.45) is 2.33. The van der Waals surface area contributed by atoms with Crippen LogP contribution in [0.3, 0.4) is 0 Å². The maximum absolute atomic E-state index is 12.5. The molecule has 2 heterocycles. The second kappa shape index (κ2) is 9.50. The quantitative estimate of drug-likeness (QED) is 0.719. The van der Waals surface area contributed by atoms with E-state index in [0.29, 0.717) is 24.5 Å². The molecule has 1 amide bonds. The molecule has 0 aliphatic heterocycles. The zero-order valence-corrected chi connectivity index (χ0v) is 15.6. The topological polar surface area (TPSA) is 89.0 Å². The predicted molar refractivity (Wildman–Crippen MR) is 99.3 cm³/mol. The molecule has 0 unspecified atom stereocenters. The lowest BCUT2D eigenvalue weighted by molar-refractivity contribution is 0.0947. The maximum atomic E-state index is 12.5. The highest BCUT2D eigenvalue weighted by atomic mass is 19.3.